The van der Waals surface area contributed by atoms with Gasteiger partial charge < -0.3 is 16.0 Å². The van der Waals surface area contributed by atoms with Crippen molar-refractivity contribution in [3.8, 4) is 0 Å². The van der Waals surface area contributed by atoms with Crippen molar-refractivity contribution in [3.63, 3.8) is 0 Å². The summed E-state index contributed by atoms with van der Waals surface area (Å²) in [7, 11) is 3.45. The summed E-state index contributed by atoms with van der Waals surface area (Å²) in [5.74, 6) is -1.38. The maximum atomic E-state index is 14.7. The van der Waals surface area contributed by atoms with Crippen LogP contribution in [-0.4, -0.2) is 35.8 Å². The molecule has 2 rings (SSSR count). The van der Waals surface area contributed by atoms with Crippen LogP contribution in [0.5, 0.6) is 0 Å². The number of carbonyl (C=O) groups excluding carboxylic acids is 1. The van der Waals surface area contributed by atoms with Gasteiger partial charge in [0.05, 0.1) is 6.20 Å². The predicted molar refractivity (Wildman–Crippen MR) is 106 cm³/mol. The van der Waals surface area contributed by atoms with Gasteiger partial charge in [-0.3, -0.25) is 4.79 Å². The zero-order chi connectivity index (χ0) is 20.9. The second kappa shape index (κ2) is 8.60. The Morgan fingerprint density at radius 1 is 1.36 bits per heavy atom. The van der Waals surface area contributed by atoms with Gasteiger partial charge in [-0.25, -0.2) is 18.8 Å². The van der Waals surface area contributed by atoms with E-state index in [2.05, 4.69) is 21.9 Å². The molecule has 0 spiro atoms. The Hall–Kier alpha value is -3.29. The van der Waals surface area contributed by atoms with Gasteiger partial charge in [0, 0.05) is 25.3 Å². The summed E-state index contributed by atoms with van der Waals surface area (Å²) >= 11 is 0. The zero-order valence-corrected chi connectivity index (χ0v) is 16.0. The van der Waals surface area contributed by atoms with Crippen LogP contribution < -0.4 is 11.1 Å². The van der Waals surface area contributed by atoms with Gasteiger partial charge in [0.15, 0.2) is 5.96 Å². The van der Waals surface area contributed by atoms with Gasteiger partial charge in [-0.05, 0) is 36.8 Å². The van der Waals surface area contributed by atoms with Crippen LogP contribution in [0.3, 0.4) is 0 Å². The summed E-state index contributed by atoms with van der Waals surface area (Å²) in [6.07, 6.45) is 2.87. The van der Waals surface area contributed by atoms with Crippen LogP contribution in [-0.2, 0) is 5.54 Å². The molecular formula is C20H23F2N5O. The number of carbonyl (C=O) groups is 1. The topological polar surface area (TPSA) is 83.6 Å². The van der Waals surface area contributed by atoms with E-state index in [0.717, 1.165) is 12.3 Å². The maximum Gasteiger partial charge on any atom is 0.274 e. The van der Waals surface area contributed by atoms with Crippen molar-refractivity contribution in [1.82, 2.24) is 9.88 Å². The van der Waals surface area contributed by atoms with Gasteiger partial charge in [0.2, 0.25) is 0 Å². The molecule has 148 valence electrons. The van der Waals surface area contributed by atoms with Gasteiger partial charge in [-0.1, -0.05) is 13.0 Å². The average Bonchev–Trinajstić information content (AvgIpc) is 2.68. The third-order valence-electron chi connectivity index (χ3n) is 4.30. The molecule has 0 unspecified atom stereocenters. The van der Waals surface area contributed by atoms with Gasteiger partial charge in [0.1, 0.15) is 22.9 Å². The van der Waals surface area contributed by atoms with Crippen molar-refractivity contribution in [1.29, 1.82) is 0 Å². The molecule has 6 nitrogen and oxygen atoms in total. The Morgan fingerprint density at radius 2 is 2.07 bits per heavy atom. The highest BCUT2D eigenvalue weighted by Crippen LogP contribution is 2.34. The van der Waals surface area contributed by atoms with E-state index in [9.17, 15) is 13.6 Å². The first kappa shape index (κ1) is 21.0. The van der Waals surface area contributed by atoms with Crippen molar-refractivity contribution >= 4 is 17.6 Å². The molecule has 1 aromatic heterocycles. The number of guanidine groups is 1. The van der Waals surface area contributed by atoms with Crippen molar-refractivity contribution in [3.05, 3.63) is 72.1 Å². The number of rotatable bonds is 6. The van der Waals surface area contributed by atoms with Gasteiger partial charge in [-0.2, -0.15) is 0 Å². The predicted octanol–water partition coefficient (Wildman–Crippen LogP) is 3.28. The van der Waals surface area contributed by atoms with Crippen LogP contribution in [0.2, 0.25) is 0 Å². The van der Waals surface area contributed by atoms with Crippen LogP contribution in [0.25, 0.3) is 0 Å². The quantitative estimate of drug-likeness (QED) is 0.453. The van der Waals surface area contributed by atoms with Crippen molar-refractivity contribution in [2.75, 3.05) is 19.4 Å². The molecule has 1 amide bonds. The Labute approximate surface area is 162 Å². The number of benzene rings is 1. The average molecular weight is 387 g/mol. The standard InChI is InChI=1S/C20H23F2N5O/c1-5-20(6-2,26-19(23)27(3)4)15-11-14(8-9-16(15)22)25-18(28)17-10-7-13(21)12-24-17/h5,7-12H,1,6H2,2-4H3,(H2,23,26)(H,25,28)/t20-/m0/s1. The minimum absolute atomic E-state index is 0.0348. The lowest BCUT2D eigenvalue weighted by atomic mass is 9.87. The monoisotopic (exact) mass is 387 g/mol. The van der Waals surface area contributed by atoms with E-state index in [1.165, 1.54) is 30.3 Å². The number of anilines is 1. The fourth-order valence-corrected chi connectivity index (χ4v) is 2.57. The highest BCUT2D eigenvalue weighted by atomic mass is 19.1. The first-order valence-corrected chi connectivity index (χ1v) is 8.61. The van der Waals surface area contributed by atoms with Crippen molar-refractivity contribution in [2.45, 2.75) is 18.9 Å². The number of nitrogens with zero attached hydrogens (tertiary/aromatic N) is 3. The highest BCUT2D eigenvalue weighted by molar-refractivity contribution is 6.02. The molecule has 8 heteroatoms. The van der Waals surface area contributed by atoms with Crippen LogP contribution >= 0.6 is 0 Å². The molecule has 1 heterocycles. The molecule has 0 aliphatic heterocycles. The molecule has 0 bridgehead atoms. The van der Waals surface area contributed by atoms with E-state index in [4.69, 9.17) is 5.73 Å². The van der Waals surface area contributed by atoms with Gasteiger partial charge in [0.25, 0.3) is 5.91 Å². The molecule has 0 fully saturated rings. The number of nitrogens with two attached hydrogens (primary N) is 1. The zero-order valence-electron chi connectivity index (χ0n) is 16.0. The molecule has 0 saturated carbocycles. The summed E-state index contributed by atoms with van der Waals surface area (Å²) in [5.41, 5.74) is 5.44. The molecule has 0 aliphatic rings. The van der Waals surface area contributed by atoms with E-state index in [-0.39, 0.29) is 17.2 Å². The molecule has 0 saturated heterocycles. The Kier molecular flexibility index (Phi) is 6.45. The Bertz CT molecular complexity index is 896. The Balaban J connectivity index is 2.43. The smallest absolute Gasteiger partial charge is 0.274 e. The number of nitrogens with one attached hydrogen (secondary N) is 1. The van der Waals surface area contributed by atoms with E-state index in [1.54, 1.807) is 19.0 Å². The van der Waals surface area contributed by atoms with Crippen LogP contribution in [0.15, 0.2) is 54.2 Å². The number of hydrogen-bond acceptors (Lipinski definition) is 3. The SMILES string of the molecule is C=C[C@@](CC)(N=C(N)N(C)C)c1cc(NC(=O)c2ccc(F)cn2)ccc1F. The summed E-state index contributed by atoms with van der Waals surface area (Å²) in [5, 5.41) is 2.63. The lowest BCUT2D eigenvalue weighted by molar-refractivity contribution is 0.102. The third kappa shape index (κ3) is 4.51. The second-order valence-electron chi connectivity index (χ2n) is 6.36. The first-order valence-electron chi connectivity index (χ1n) is 8.61. The molecule has 3 N–H and O–H groups in total. The summed E-state index contributed by atoms with van der Waals surface area (Å²) in [4.78, 5) is 22.1. The fourth-order valence-electron chi connectivity index (χ4n) is 2.57. The number of hydrogen-bond donors (Lipinski definition) is 2. The lowest BCUT2D eigenvalue weighted by Gasteiger charge is -2.28. The van der Waals surface area contributed by atoms with Crippen LogP contribution in [0, 0.1) is 11.6 Å². The second-order valence-corrected chi connectivity index (χ2v) is 6.36. The number of aromatic nitrogens is 1. The largest absolute Gasteiger partial charge is 0.370 e. The van der Waals surface area contributed by atoms with Gasteiger partial charge in [-0.15, -0.1) is 6.58 Å². The Morgan fingerprint density at radius 3 is 2.61 bits per heavy atom. The fraction of sp³-hybridized carbons (Fsp3) is 0.250. The number of pyridine rings is 1. The van der Waals surface area contributed by atoms with Crippen LogP contribution in [0.1, 0.15) is 29.4 Å². The number of amides is 1. The summed E-state index contributed by atoms with van der Waals surface area (Å²) < 4.78 is 27.6. The van der Waals surface area contributed by atoms with Crippen LogP contribution in [0.4, 0.5) is 14.5 Å². The summed E-state index contributed by atoms with van der Waals surface area (Å²) in [6, 6.07) is 6.53. The third-order valence-corrected chi connectivity index (χ3v) is 4.30. The molecule has 0 aliphatic carbocycles. The summed E-state index contributed by atoms with van der Waals surface area (Å²) in [6.45, 7) is 5.63. The van der Waals surface area contributed by atoms with Crippen molar-refractivity contribution < 1.29 is 13.6 Å². The molecule has 0 radical (unpaired) electrons. The first-order chi connectivity index (χ1) is 13.2. The molecule has 1 aromatic carbocycles. The number of aliphatic imine (C=N–C) groups is 1. The van der Waals surface area contributed by atoms with Gasteiger partial charge >= 0.3 is 0 Å². The van der Waals surface area contributed by atoms with E-state index < -0.39 is 23.1 Å². The lowest BCUT2D eigenvalue weighted by Crippen LogP contribution is -2.35. The molecule has 2 aromatic rings. The van der Waals surface area contributed by atoms with Crippen molar-refractivity contribution in [2.24, 2.45) is 10.7 Å². The van der Waals surface area contributed by atoms with E-state index >= 15 is 0 Å². The van der Waals surface area contributed by atoms with E-state index in [1.807, 2.05) is 6.92 Å². The molecule has 28 heavy (non-hydrogen) atoms. The molecular weight excluding hydrogens is 364 g/mol. The van der Waals surface area contributed by atoms with E-state index in [0.29, 0.717) is 12.1 Å². The maximum absolute atomic E-state index is 14.7. The molecule has 1 atom stereocenters. The highest BCUT2D eigenvalue weighted by Gasteiger charge is 2.30. The minimum Gasteiger partial charge on any atom is -0.370 e. The minimum atomic E-state index is -1.10. The normalized spacial score (nSPS) is 13.5. The number of halogens is 2.